The Bertz CT molecular complexity index is 1460. The van der Waals surface area contributed by atoms with E-state index in [4.69, 9.17) is 0 Å². The van der Waals surface area contributed by atoms with Crippen molar-refractivity contribution in [1.82, 2.24) is 10.3 Å². The molecule has 0 saturated carbocycles. The summed E-state index contributed by atoms with van der Waals surface area (Å²) >= 11 is 1.55. The number of nitrogens with zero attached hydrogens (tertiary/aromatic N) is 1. The summed E-state index contributed by atoms with van der Waals surface area (Å²) in [6.07, 6.45) is 9.93. The Kier molecular flexibility index (Phi) is 11.2. The van der Waals surface area contributed by atoms with Crippen molar-refractivity contribution >= 4 is 35.8 Å². The van der Waals surface area contributed by atoms with Crippen molar-refractivity contribution in [2.75, 3.05) is 12.0 Å². The van der Waals surface area contributed by atoms with Crippen molar-refractivity contribution in [2.45, 2.75) is 19.4 Å². The molecule has 39 heavy (non-hydrogen) atoms. The number of carbonyl (C=O) groups is 2. The zero-order chi connectivity index (χ0) is 26.9. The van der Waals surface area contributed by atoms with Crippen LogP contribution in [0.4, 0.5) is 0 Å². The Morgan fingerprint density at radius 1 is 0.923 bits per heavy atom. The van der Waals surface area contributed by atoms with Crippen molar-refractivity contribution in [2.24, 2.45) is 0 Å². The van der Waals surface area contributed by atoms with E-state index >= 15 is 0 Å². The number of carboxylic acids is 1. The van der Waals surface area contributed by atoms with E-state index in [1.807, 2.05) is 92.3 Å². The molecule has 194 valence electrons. The number of pyridine rings is 1. The molecule has 0 radical (unpaired) electrons. The quantitative estimate of drug-likeness (QED) is 0.304. The van der Waals surface area contributed by atoms with Crippen LogP contribution in [0, 0.1) is 6.92 Å². The van der Waals surface area contributed by atoms with Crippen LogP contribution in [0.3, 0.4) is 0 Å². The zero-order valence-corrected chi connectivity index (χ0v) is 23.2. The van der Waals surface area contributed by atoms with E-state index in [1.54, 1.807) is 17.8 Å². The van der Waals surface area contributed by atoms with E-state index in [0.29, 0.717) is 17.7 Å². The molecule has 0 aliphatic heterocycles. The maximum absolute atomic E-state index is 13.3. The van der Waals surface area contributed by atoms with Gasteiger partial charge in [-0.25, -0.2) is 4.79 Å². The van der Waals surface area contributed by atoms with E-state index in [-0.39, 0.29) is 20.3 Å². The second-order valence-corrected chi connectivity index (χ2v) is 9.96. The largest absolute Gasteiger partial charge is 1.00 e. The van der Waals surface area contributed by atoms with Gasteiger partial charge in [0.2, 0.25) is 0 Å². The van der Waals surface area contributed by atoms with Gasteiger partial charge in [0, 0.05) is 23.5 Å². The van der Waals surface area contributed by atoms with Crippen LogP contribution in [0.2, 0.25) is 0 Å². The molecular weight excluding hydrogens is 499 g/mol. The zero-order valence-electron chi connectivity index (χ0n) is 23.4. The second kappa shape index (κ2) is 14.6. The minimum atomic E-state index is -1.03. The summed E-state index contributed by atoms with van der Waals surface area (Å²) in [6.45, 7) is 2.00. The summed E-state index contributed by atoms with van der Waals surface area (Å²) in [5, 5.41) is 12.3. The summed E-state index contributed by atoms with van der Waals surface area (Å²) in [5.41, 5.74) is 7.18. The summed E-state index contributed by atoms with van der Waals surface area (Å²) < 4.78 is 0. The summed E-state index contributed by atoms with van der Waals surface area (Å²) in [7, 11) is 0. The third-order valence-electron chi connectivity index (χ3n) is 6.27. The second-order valence-electron chi connectivity index (χ2n) is 8.97. The van der Waals surface area contributed by atoms with Crippen molar-refractivity contribution < 1.29 is 35.0 Å². The summed E-state index contributed by atoms with van der Waals surface area (Å²) in [6, 6.07) is 24.7. The van der Waals surface area contributed by atoms with E-state index < -0.39 is 17.9 Å². The fourth-order valence-electron chi connectivity index (χ4n) is 4.22. The fraction of sp³-hybridized carbons (Fsp3) is 0.156. The Balaban J connectivity index is 0.00000280. The standard InChI is InChI=1S/C32H30N2O3S.Li.H/c1-22-8-6-7-11-27(22)29-19-23(14-15-28(29)31(35)34-30(32(36)37)16-17-38-2)12-13-24-18-26(21-33-20-24)25-9-4-3-5-10-25;;/h3-15,18-21,30H,16-17H2,1-2H3,(H,34,35)(H,36,37);;/q;+1;-1/t30-;;/m0../s1. The minimum Gasteiger partial charge on any atom is -1.00 e. The maximum Gasteiger partial charge on any atom is 1.00 e. The number of carboxylic acid groups (broad SMARTS) is 1. The SMILES string of the molecule is CSCC[C@H](NC(=O)c1ccc(C=Cc2cncc(-c3ccccc3)c2)cc1-c1ccccc1C)C(=O)O.[H-].[Li+]. The van der Waals surface area contributed by atoms with Crippen LogP contribution in [0.1, 0.15) is 34.9 Å². The number of nitrogens with one attached hydrogen (secondary N) is 1. The van der Waals surface area contributed by atoms with Gasteiger partial charge in [-0.05, 0) is 76.9 Å². The van der Waals surface area contributed by atoms with Crippen molar-refractivity contribution in [3.63, 3.8) is 0 Å². The molecule has 5 nitrogen and oxygen atoms in total. The van der Waals surface area contributed by atoms with Gasteiger partial charge in [0.05, 0.1) is 0 Å². The molecule has 0 aliphatic carbocycles. The van der Waals surface area contributed by atoms with Crippen molar-refractivity contribution in [1.29, 1.82) is 0 Å². The summed E-state index contributed by atoms with van der Waals surface area (Å²) in [5.74, 6) is -0.783. The average Bonchev–Trinajstić information content (AvgIpc) is 2.94. The third kappa shape index (κ3) is 7.97. The topological polar surface area (TPSA) is 79.3 Å². The van der Waals surface area contributed by atoms with Crippen LogP contribution < -0.4 is 24.2 Å². The third-order valence-corrected chi connectivity index (χ3v) is 6.92. The molecular formula is C32H31LiN2O3S. The first-order valence-electron chi connectivity index (χ1n) is 12.4. The Morgan fingerprint density at radius 2 is 1.64 bits per heavy atom. The molecule has 3 aromatic carbocycles. The van der Waals surface area contributed by atoms with E-state index in [1.165, 1.54) is 0 Å². The Labute approximate surface area is 247 Å². The van der Waals surface area contributed by atoms with Gasteiger partial charge >= 0.3 is 24.8 Å². The number of aryl methyl sites for hydroxylation is 1. The molecule has 1 atom stereocenters. The first kappa shape index (κ1) is 30.0. The normalized spacial score (nSPS) is 11.5. The van der Waals surface area contributed by atoms with Crippen LogP contribution in [0.25, 0.3) is 34.4 Å². The Morgan fingerprint density at radius 3 is 2.36 bits per heavy atom. The van der Waals surface area contributed by atoms with Crippen molar-refractivity contribution in [3.05, 3.63) is 114 Å². The molecule has 0 unspecified atom stereocenters. The molecule has 0 spiro atoms. The van der Waals surface area contributed by atoms with E-state index in [9.17, 15) is 14.7 Å². The van der Waals surface area contributed by atoms with Gasteiger partial charge < -0.3 is 11.8 Å². The molecule has 7 heteroatoms. The van der Waals surface area contributed by atoms with Gasteiger partial charge in [-0.15, -0.1) is 0 Å². The molecule has 0 aliphatic rings. The van der Waals surface area contributed by atoms with Gasteiger partial charge in [-0.1, -0.05) is 72.8 Å². The average molecular weight is 531 g/mol. The van der Waals surface area contributed by atoms with Crippen molar-refractivity contribution in [3.8, 4) is 22.3 Å². The van der Waals surface area contributed by atoms with Crippen LogP contribution >= 0.6 is 11.8 Å². The van der Waals surface area contributed by atoms with Gasteiger partial charge in [0.15, 0.2) is 0 Å². The molecule has 4 aromatic rings. The number of rotatable bonds is 10. The predicted molar refractivity (Wildman–Crippen MR) is 158 cm³/mol. The molecule has 0 saturated heterocycles. The van der Waals surface area contributed by atoms with Crippen LogP contribution in [-0.2, 0) is 4.79 Å². The molecule has 4 rings (SSSR count). The first-order chi connectivity index (χ1) is 18.5. The number of thioether (sulfide) groups is 1. The minimum absolute atomic E-state index is 0. The van der Waals surface area contributed by atoms with E-state index in [0.717, 1.165) is 38.9 Å². The van der Waals surface area contributed by atoms with E-state index in [2.05, 4.69) is 28.5 Å². The number of aromatic nitrogens is 1. The maximum atomic E-state index is 13.3. The van der Waals surface area contributed by atoms with Crippen LogP contribution in [0.15, 0.2) is 91.3 Å². The number of hydrogen-bond donors (Lipinski definition) is 2. The number of carbonyl (C=O) groups excluding carboxylic acids is 1. The molecule has 1 amide bonds. The summed E-state index contributed by atoms with van der Waals surface area (Å²) in [4.78, 5) is 29.4. The smallest absolute Gasteiger partial charge is 1.00 e. The number of benzene rings is 3. The molecule has 2 N–H and O–H groups in total. The van der Waals surface area contributed by atoms with Crippen LogP contribution in [-0.4, -0.2) is 40.0 Å². The fourth-order valence-corrected chi connectivity index (χ4v) is 4.69. The first-order valence-corrected chi connectivity index (χ1v) is 13.8. The van der Waals surface area contributed by atoms with Gasteiger partial charge in [-0.3, -0.25) is 9.78 Å². The number of aliphatic carboxylic acids is 1. The van der Waals surface area contributed by atoms with Gasteiger partial charge in [-0.2, -0.15) is 11.8 Å². The molecule has 0 fully saturated rings. The number of hydrogen-bond acceptors (Lipinski definition) is 4. The van der Waals surface area contributed by atoms with Gasteiger partial charge in [0.25, 0.3) is 5.91 Å². The molecule has 1 heterocycles. The molecule has 0 bridgehead atoms. The predicted octanol–water partition coefficient (Wildman–Crippen LogP) is 3.95. The number of amides is 1. The van der Waals surface area contributed by atoms with Crippen LogP contribution in [0.5, 0.6) is 0 Å². The monoisotopic (exact) mass is 530 g/mol. The van der Waals surface area contributed by atoms with Gasteiger partial charge in [0.1, 0.15) is 6.04 Å². The molecule has 1 aromatic heterocycles. The Hall–Kier alpha value is -3.56.